The van der Waals surface area contributed by atoms with Gasteiger partial charge in [-0.3, -0.25) is 0 Å². The molecule has 0 radical (unpaired) electrons. The number of phenolic OH excluding ortho intramolecular Hbond substituents is 1. The Labute approximate surface area is 75.6 Å². The molecule has 2 rings (SSSR count). The lowest BCUT2D eigenvalue weighted by Gasteiger charge is -2.21. The monoisotopic (exact) mass is 178 g/mol. The number of benzene rings is 1. The van der Waals surface area contributed by atoms with Gasteiger partial charge in [0.15, 0.2) is 0 Å². The van der Waals surface area contributed by atoms with E-state index in [1.807, 2.05) is 0 Å². The first-order valence-electron chi connectivity index (χ1n) is 4.06. The number of aliphatic hydroxyl groups is 2. The van der Waals surface area contributed by atoms with Crippen LogP contribution in [0.1, 0.15) is 17.2 Å². The molecule has 0 heterocycles. The van der Waals surface area contributed by atoms with Gasteiger partial charge in [-0.05, 0) is 23.3 Å². The largest absolute Gasteiger partial charge is 0.508 e. The summed E-state index contributed by atoms with van der Waals surface area (Å²) in [5.74, 6) is 0.159. The van der Waals surface area contributed by atoms with E-state index in [0.717, 1.165) is 5.56 Å². The Morgan fingerprint density at radius 2 is 1.92 bits per heavy atom. The highest BCUT2D eigenvalue weighted by molar-refractivity contribution is 5.60. The number of hydrogen-bond acceptors (Lipinski definition) is 3. The van der Waals surface area contributed by atoms with Gasteiger partial charge < -0.3 is 15.3 Å². The molecule has 68 valence electrons. The summed E-state index contributed by atoms with van der Waals surface area (Å²) in [6.45, 7) is 0. The van der Waals surface area contributed by atoms with Crippen molar-refractivity contribution in [2.75, 3.05) is 0 Å². The van der Waals surface area contributed by atoms with E-state index in [2.05, 4.69) is 0 Å². The third-order valence-corrected chi connectivity index (χ3v) is 2.19. The van der Waals surface area contributed by atoms with Gasteiger partial charge in [-0.25, -0.2) is 0 Å². The summed E-state index contributed by atoms with van der Waals surface area (Å²) in [5.41, 5.74) is 1.39. The zero-order valence-corrected chi connectivity index (χ0v) is 6.88. The molecule has 0 fully saturated rings. The fourth-order valence-electron chi connectivity index (χ4n) is 1.47. The van der Waals surface area contributed by atoms with Crippen molar-refractivity contribution in [2.45, 2.75) is 12.2 Å². The number of fused-ring (bicyclic) bond motifs is 1. The predicted octanol–water partition coefficient (Wildman–Crippen LogP) is 0.813. The SMILES string of the molecule is Oc1ccc2c(c1)C=C[C@H](O)[C@@H]2O. The summed E-state index contributed by atoms with van der Waals surface area (Å²) >= 11 is 0. The van der Waals surface area contributed by atoms with E-state index in [1.165, 1.54) is 12.1 Å². The number of phenols is 1. The third-order valence-electron chi connectivity index (χ3n) is 2.19. The standard InChI is InChI=1S/C10H10O3/c11-7-2-3-8-6(5-7)1-4-9(12)10(8)13/h1-5,9-13H/t9-,10+/m0/s1. The summed E-state index contributed by atoms with van der Waals surface area (Å²) in [6.07, 6.45) is 1.46. The van der Waals surface area contributed by atoms with Gasteiger partial charge in [0.1, 0.15) is 18.0 Å². The van der Waals surface area contributed by atoms with Gasteiger partial charge in [-0.15, -0.1) is 0 Å². The quantitative estimate of drug-likeness (QED) is 0.551. The highest BCUT2D eigenvalue weighted by Gasteiger charge is 2.21. The molecule has 13 heavy (non-hydrogen) atoms. The van der Waals surface area contributed by atoms with Crippen LogP contribution in [-0.2, 0) is 0 Å². The molecule has 3 heteroatoms. The maximum absolute atomic E-state index is 9.54. The van der Waals surface area contributed by atoms with E-state index in [-0.39, 0.29) is 5.75 Å². The Kier molecular flexibility index (Phi) is 1.83. The maximum Gasteiger partial charge on any atom is 0.116 e. The first-order valence-corrected chi connectivity index (χ1v) is 4.06. The topological polar surface area (TPSA) is 60.7 Å². The van der Waals surface area contributed by atoms with Gasteiger partial charge >= 0.3 is 0 Å². The van der Waals surface area contributed by atoms with Crippen LogP contribution in [0.5, 0.6) is 5.75 Å². The van der Waals surface area contributed by atoms with Gasteiger partial charge in [-0.2, -0.15) is 0 Å². The Morgan fingerprint density at radius 1 is 1.15 bits per heavy atom. The van der Waals surface area contributed by atoms with Gasteiger partial charge in [0.05, 0.1) is 0 Å². The van der Waals surface area contributed by atoms with Crippen molar-refractivity contribution in [2.24, 2.45) is 0 Å². The molecule has 0 spiro atoms. The molecule has 1 aliphatic rings. The molecule has 0 unspecified atom stereocenters. The van der Waals surface area contributed by atoms with Crippen LogP contribution < -0.4 is 0 Å². The Bertz CT molecular complexity index is 357. The van der Waals surface area contributed by atoms with Crippen molar-refractivity contribution in [3.05, 3.63) is 35.4 Å². The van der Waals surface area contributed by atoms with Crippen LogP contribution in [0.2, 0.25) is 0 Å². The minimum Gasteiger partial charge on any atom is -0.508 e. The van der Waals surface area contributed by atoms with E-state index in [0.29, 0.717) is 5.56 Å². The zero-order valence-electron chi connectivity index (χ0n) is 6.88. The van der Waals surface area contributed by atoms with Crippen molar-refractivity contribution in [3.8, 4) is 5.75 Å². The molecule has 0 amide bonds. The highest BCUT2D eigenvalue weighted by Crippen LogP contribution is 2.30. The van der Waals surface area contributed by atoms with Crippen LogP contribution in [0.3, 0.4) is 0 Å². The molecule has 1 aromatic carbocycles. The lowest BCUT2D eigenvalue weighted by atomic mass is 9.93. The second kappa shape index (κ2) is 2.87. The van der Waals surface area contributed by atoms with Crippen LogP contribution in [0.25, 0.3) is 6.08 Å². The van der Waals surface area contributed by atoms with Gasteiger partial charge in [-0.1, -0.05) is 18.2 Å². The van der Waals surface area contributed by atoms with E-state index in [9.17, 15) is 10.2 Å². The fraction of sp³-hybridized carbons (Fsp3) is 0.200. The lowest BCUT2D eigenvalue weighted by Crippen LogP contribution is -2.19. The van der Waals surface area contributed by atoms with Crippen molar-refractivity contribution >= 4 is 6.08 Å². The minimum atomic E-state index is -0.888. The van der Waals surface area contributed by atoms with Gasteiger partial charge in [0.2, 0.25) is 0 Å². The average Bonchev–Trinajstić information content (AvgIpc) is 2.12. The number of aromatic hydroxyl groups is 1. The summed E-state index contributed by atoms with van der Waals surface area (Å²) in [7, 11) is 0. The van der Waals surface area contributed by atoms with Gasteiger partial charge in [0.25, 0.3) is 0 Å². The molecular weight excluding hydrogens is 168 g/mol. The molecule has 2 atom stereocenters. The Morgan fingerprint density at radius 3 is 2.69 bits per heavy atom. The van der Waals surface area contributed by atoms with Crippen LogP contribution in [0, 0.1) is 0 Å². The van der Waals surface area contributed by atoms with Gasteiger partial charge in [0, 0.05) is 0 Å². The average molecular weight is 178 g/mol. The zero-order chi connectivity index (χ0) is 9.42. The van der Waals surface area contributed by atoms with E-state index >= 15 is 0 Å². The molecule has 0 saturated heterocycles. The molecule has 0 saturated carbocycles. The fourth-order valence-corrected chi connectivity index (χ4v) is 1.47. The summed E-state index contributed by atoms with van der Waals surface area (Å²) in [5, 5.41) is 28.0. The molecular formula is C10H10O3. The van der Waals surface area contributed by atoms with Crippen molar-refractivity contribution < 1.29 is 15.3 Å². The highest BCUT2D eigenvalue weighted by atomic mass is 16.3. The van der Waals surface area contributed by atoms with E-state index < -0.39 is 12.2 Å². The molecule has 1 aliphatic carbocycles. The van der Waals surface area contributed by atoms with E-state index in [4.69, 9.17) is 5.11 Å². The number of hydrogen-bond donors (Lipinski definition) is 3. The van der Waals surface area contributed by atoms with Crippen molar-refractivity contribution in [3.63, 3.8) is 0 Å². The van der Waals surface area contributed by atoms with Crippen LogP contribution in [-0.4, -0.2) is 21.4 Å². The minimum absolute atomic E-state index is 0.159. The molecule has 0 aromatic heterocycles. The third kappa shape index (κ3) is 1.32. The van der Waals surface area contributed by atoms with Crippen LogP contribution >= 0.6 is 0 Å². The Balaban J connectivity index is 2.52. The summed E-state index contributed by atoms with van der Waals surface area (Å²) in [6, 6.07) is 4.66. The smallest absolute Gasteiger partial charge is 0.116 e. The predicted molar refractivity (Wildman–Crippen MR) is 48.1 cm³/mol. The maximum atomic E-state index is 9.54. The molecule has 0 bridgehead atoms. The molecule has 1 aromatic rings. The number of rotatable bonds is 0. The Hall–Kier alpha value is -1.32. The number of aliphatic hydroxyl groups excluding tert-OH is 2. The first-order chi connectivity index (χ1) is 6.18. The second-order valence-corrected chi connectivity index (χ2v) is 3.11. The van der Waals surface area contributed by atoms with Crippen molar-refractivity contribution in [1.29, 1.82) is 0 Å². The van der Waals surface area contributed by atoms with Crippen LogP contribution in [0.4, 0.5) is 0 Å². The van der Waals surface area contributed by atoms with Crippen LogP contribution in [0.15, 0.2) is 24.3 Å². The summed E-state index contributed by atoms with van der Waals surface area (Å²) < 4.78 is 0. The van der Waals surface area contributed by atoms with Crippen molar-refractivity contribution in [1.82, 2.24) is 0 Å². The molecule has 3 nitrogen and oxygen atoms in total. The molecule has 0 aliphatic heterocycles. The molecule has 3 N–H and O–H groups in total. The second-order valence-electron chi connectivity index (χ2n) is 3.11. The lowest BCUT2D eigenvalue weighted by molar-refractivity contribution is 0.0470. The normalized spacial score (nSPS) is 25.7. The first kappa shape index (κ1) is 8.29. The summed E-state index contributed by atoms with van der Waals surface area (Å²) in [4.78, 5) is 0. The van der Waals surface area contributed by atoms with E-state index in [1.54, 1.807) is 18.2 Å².